The molecule has 1 N–H and O–H groups in total. The lowest BCUT2D eigenvalue weighted by Crippen LogP contribution is -2.19. The van der Waals surface area contributed by atoms with Crippen LogP contribution in [0.25, 0.3) is 10.8 Å². The van der Waals surface area contributed by atoms with Crippen LogP contribution in [0, 0.1) is 0 Å². The minimum atomic E-state index is -0.213. The molecule has 4 aromatic carbocycles. The molecule has 5 nitrogen and oxygen atoms in total. The minimum absolute atomic E-state index is 0.213. The highest BCUT2D eigenvalue weighted by molar-refractivity contribution is 9.10. The highest BCUT2D eigenvalue weighted by Crippen LogP contribution is 2.37. The minimum Gasteiger partial charge on any atom is -0.490 e. The largest absolute Gasteiger partial charge is 0.490 e. The summed E-state index contributed by atoms with van der Waals surface area (Å²) in [6.07, 6.45) is 1.76. The van der Waals surface area contributed by atoms with E-state index in [-0.39, 0.29) is 12.3 Å². The molecule has 0 heterocycles. The van der Waals surface area contributed by atoms with Crippen molar-refractivity contribution in [1.29, 1.82) is 0 Å². The van der Waals surface area contributed by atoms with E-state index in [1.54, 1.807) is 12.1 Å². The number of hydrazone groups is 1. The van der Waals surface area contributed by atoms with Crippen LogP contribution in [0.2, 0.25) is 5.02 Å². The molecule has 4 rings (SSSR count). The van der Waals surface area contributed by atoms with Crippen LogP contribution in [0.1, 0.15) is 23.6 Å². The predicted octanol–water partition coefficient (Wildman–Crippen LogP) is 6.93. The molecule has 7 heteroatoms. The number of benzene rings is 4. The summed E-state index contributed by atoms with van der Waals surface area (Å²) >= 11 is 9.94. The molecule has 0 saturated carbocycles. The smallest absolute Gasteiger partial charge is 0.244 e. The molecule has 1 amide bonds. The van der Waals surface area contributed by atoms with E-state index in [0.717, 1.165) is 26.4 Å². The van der Waals surface area contributed by atoms with Crippen LogP contribution < -0.4 is 14.9 Å². The summed E-state index contributed by atoms with van der Waals surface area (Å²) in [4.78, 5) is 12.2. The van der Waals surface area contributed by atoms with Gasteiger partial charge in [0.05, 0.1) is 24.3 Å². The molecule has 0 unspecified atom stereocenters. The molecule has 0 aliphatic heterocycles. The maximum Gasteiger partial charge on any atom is 0.244 e. The molecule has 0 aliphatic rings. The normalized spacial score (nSPS) is 11.1. The van der Waals surface area contributed by atoms with Gasteiger partial charge in [-0.3, -0.25) is 4.79 Å². The molecule has 35 heavy (non-hydrogen) atoms. The number of halogens is 2. The van der Waals surface area contributed by atoms with Crippen molar-refractivity contribution in [2.45, 2.75) is 20.0 Å². The topological polar surface area (TPSA) is 59.9 Å². The second-order valence-corrected chi connectivity index (χ2v) is 9.11. The highest BCUT2D eigenvalue weighted by atomic mass is 79.9. The van der Waals surface area contributed by atoms with Gasteiger partial charge in [0, 0.05) is 4.47 Å². The molecule has 0 aliphatic carbocycles. The summed E-state index contributed by atoms with van der Waals surface area (Å²) < 4.78 is 12.9. The van der Waals surface area contributed by atoms with Crippen LogP contribution >= 0.6 is 27.5 Å². The second-order valence-electron chi connectivity index (χ2n) is 7.79. The molecule has 0 aromatic heterocycles. The maximum atomic E-state index is 12.2. The molecule has 0 atom stereocenters. The van der Waals surface area contributed by atoms with Gasteiger partial charge in [0.2, 0.25) is 5.91 Å². The van der Waals surface area contributed by atoms with Crippen LogP contribution in [0.15, 0.2) is 88.4 Å². The lowest BCUT2D eigenvalue weighted by atomic mass is 10.1. The van der Waals surface area contributed by atoms with Gasteiger partial charge in [-0.05, 0) is 58.7 Å². The Balaban J connectivity index is 1.45. The Kier molecular flexibility index (Phi) is 8.40. The number of nitrogens with one attached hydrogen (secondary N) is 1. The van der Waals surface area contributed by atoms with E-state index in [1.807, 2.05) is 55.5 Å². The van der Waals surface area contributed by atoms with Crippen molar-refractivity contribution in [3.63, 3.8) is 0 Å². The molecule has 4 aromatic rings. The van der Waals surface area contributed by atoms with E-state index in [2.05, 4.69) is 44.7 Å². The first-order chi connectivity index (χ1) is 17.0. The van der Waals surface area contributed by atoms with E-state index >= 15 is 0 Å². The van der Waals surface area contributed by atoms with Gasteiger partial charge in [0.15, 0.2) is 11.5 Å². The summed E-state index contributed by atoms with van der Waals surface area (Å²) in [7, 11) is 0. The van der Waals surface area contributed by atoms with Crippen molar-refractivity contribution in [2.75, 3.05) is 6.61 Å². The van der Waals surface area contributed by atoms with Crippen molar-refractivity contribution < 1.29 is 14.3 Å². The zero-order chi connectivity index (χ0) is 24.6. The highest BCUT2D eigenvalue weighted by Gasteiger charge is 2.13. The van der Waals surface area contributed by atoms with Crippen LogP contribution in [0.4, 0.5) is 0 Å². The summed E-state index contributed by atoms with van der Waals surface area (Å²) in [5, 5.41) is 6.75. The van der Waals surface area contributed by atoms with Gasteiger partial charge in [0.25, 0.3) is 0 Å². The Labute approximate surface area is 217 Å². The Hall–Kier alpha value is -3.35. The van der Waals surface area contributed by atoms with Crippen molar-refractivity contribution in [2.24, 2.45) is 5.10 Å². The van der Waals surface area contributed by atoms with E-state index in [9.17, 15) is 4.79 Å². The monoisotopic (exact) mass is 550 g/mol. The Morgan fingerprint density at radius 1 is 1.03 bits per heavy atom. The number of nitrogens with zero attached hydrogens (tertiary/aromatic N) is 1. The van der Waals surface area contributed by atoms with Crippen LogP contribution in [-0.2, 0) is 17.8 Å². The van der Waals surface area contributed by atoms with Gasteiger partial charge < -0.3 is 9.47 Å². The van der Waals surface area contributed by atoms with Gasteiger partial charge >= 0.3 is 0 Å². The van der Waals surface area contributed by atoms with Crippen molar-refractivity contribution in [3.8, 4) is 11.5 Å². The summed E-state index contributed by atoms with van der Waals surface area (Å²) in [6, 6.07) is 25.4. The maximum absolute atomic E-state index is 12.2. The predicted molar refractivity (Wildman–Crippen MR) is 144 cm³/mol. The van der Waals surface area contributed by atoms with Crippen LogP contribution in [-0.4, -0.2) is 18.7 Å². The number of fused-ring (bicyclic) bond motifs is 1. The number of amides is 1. The molecule has 0 saturated heterocycles. The second kappa shape index (κ2) is 11.9. The summed E-state index contributed by atoms with van der Waals surface area (Å²) in [5.41, 5.74) is 5.18. The third kappa shape index (κ3) is 6.62. The molecule has 0 fully saturated rings. The van der Waals surface area contributed by atoms with Crippen molar-refractivity contribution >= 4 is 50.4 Å². The van der Waals surface area contributed by atoms with Crippen molar-refractivity contribution in [3.05, 3.63) is 105 Å². The van der Waals surface area contributed by atoms with Gasteiger partial charge in [-0.1, -0.05) is 82.1 Å². The van der Waals surface area contributed by atoms with Crippen molar-refractivity contribution in [1.82, 2.24) is 5.43 Å². The molecular formula is C28H24BrClN2O3. The van der Waals surface area contributed by atoms with E-state index in [4.69, 9.17) is 21.1 Å². The fraction of sp³-hybridized carbons (Fsp3) is 0.143. The van der Waals surface area contributed by atoms with Gasteiger partial charge in [0.1, 0.15) is 6.61 Å². The zero-order valence-electron chi connectivity index (χ0n) is 19.1. The molecule has 0 radical (unpaired) electrons. The number of ether oxygens (including phenoxy) is 2. The first-order valence-electron chi connectivity index (χ1n) is 11.2. The van der Waals surface area contributed by atoms with E-state index in [1.165, 1.54) is 6.21 Å². The Bertz CT molecular complexity index is 1350. The molecular weight excluding hydrogens is 528 g/mol. The number of carbonyl (C=O) groups is 1. The Morgan fingerprint density at radius 3 is 2.60 bits per heavy atom. The number of carbonyl (C=O) groups excluding carboxylic acids is 1. The lowest BCUT2D eigenvalue weighted by molar-refractivity contribution is -0.120. The zero-order valence-corrected chi connectivity index (χ0v) is 21.5. The third-order valence-electron chi connectivity index (χ3n) is 5.26. The van der Waals surface area contributed by atoms with Gasteiger partial charge in [-0.25, -0.2) is 5.43 Å². The average molecular weight is 552 g/mol. The first-order valence-corrected chi connectivity index (χ1v) is 12.3. The van der Waals surface area contributed by atoms with Gasteiger partial charge in [-0.2, -0.15) is 5.10 Å². The SMILES string of the molecule is CCOc1cc(/C=N/NC(=O)Cc2ccc(Br)cc2)cc(Cl)c1OCc1cccc2ccccc12. The van der Waals surface area contributed by atoms with Crippen LogP contribution in [0.3, 0.4) is 0 Å². The molecule has 178 valence electrons. The summed E-state index contributed by atoms with van der Waals surface area (Å²) in [5.74, 6) is 0.774. The summed E-state index contributed by atoms with van der Waals surface area (Å²) in [6.45, 7) is 2.69. The standard InChI is InChI=1S/C28H24BrClN2O3/c1-2-34-26-15-20(17-31-32-27(33)16-19-10-12-23(29)13-11-19)14-25(30)28(26)35-18-22-8-5-7-21-6-3-4-9-24(21)22/h3-15,17H,2,16,18H2,1H3,(H,32,33)/b31-17+. The molecule has 0 spiro atoms. The average Bonchev–Trinajstić information content (AvgIpc) is 2.85. The Morgan fingerprint density at radius 2 is 1.80 bits per heavy atom. The number of hydrogen-bond donors (Lipinski definition) is 1. The van der Waals surface area contributed by atoms with Gasteiger partial charge in [-0.15, -0.1) is 0 Å². The van der Waals surface area contributed by atoms with Crippen LogP contribution in [0.5, 0.6) is 11.5 Å². The number of hydrogen-bond acceptors (Lipinski definition) is 4. The lowest BCUT2D eigenvalue weighted by Gasteiger charge is -2.15. The number of rotatable bonds is 9. The quantitative estimate of drug-likeness (QED) is 0.181. The third-order valence-corrected chi connectivity index (χ3v) is 6.07. The fourth-order valence-corrected chi connectivity index (χ4v) is 4.18. The molecule has 0 bridgehead atoms. The van der Waals surface area contributed by atoms with E-state index in [0.29, 0.717) is 35.3 Å². The fourth-order valence-electron chi connectivity index (χ4n) is 3.64. The first kappa shape index (κ1) is 24.8. The van der Waals surface area contributed by atoms with E-state index < -0.39 is 0 Å².